The summed E-state index contributed by atoms with van der Waals surface area (Å²) in [6.07, 6.45) is 23.1. The second-order valence-corrected chi connectivity index (χ2v) is 27.9. The van der Waals surface area contributed by atoms with Crippen molar-refractivity contribution in [2.24, 2.45) is 35.5 Å². The Labute approximate surface area is 594 Å². The summed E-state index contributed by atoms with van der Waals surface area (Å²) in [4.78, 5) is 24.0. The molecule has 4 saturated heterocycles. The number of halogens is 2. The fraction of sp³-hybridized carbons (Fsp3) is 0.571. The minimum atomic E-state index is -0.116. The molecule has 1 saturated carbocycles. The first-order valence-corrected chi connectivity index (χ1v) is 35.8. The van der Waals surface area contributed by atoms with E-state index in [0.29, 0.717) is 35.2 Å². The van der Waals surface area contributed by atoms with Gasteiger partial charge >= 0.3 is 0 Å². The van der Waals surface area contributed by atoms with Crippen molar-refractivity contribution in [1.29, 1.82) is 0 Å². The third-order valence-corrected chi connectivity index (χ3v) is 16.0. The molecule has 4 atom stereocenters. The zero-order valence-electron chi connectivity index (χ0n) is 65.1. The van der Waals surface area contributed by atoms with Crippen LogP contribution in [0, 0.1) is 144 Å². The first-order valence-electron chi connectivity index (χ1n) is 35.8. The Hall–Kier alpha value is -6.26. The number of hydrogen-bond donors (Lipinski definition) is 0. The molecule has 5 fully saturated rings. The summed E-state index contributed by atoms with van der Waals surface area (Å²) < 4.78 is 56.6. The fourth-order valence-electron chi connectivity index (χ4n) is 8.88. The number of hydrogen-bond acceptors (Lipinski definition) is 12. The van der Waals surface area contributed by atoms with Gasteiger partial charge in [-0.2, -0.15) is 0 Å². The molecule has 0 amide bonds. The average Bonchev–Trinajstić information content (AvgIpc) is 1.54. The van der Waals surface area contributed by atoms with Crippen molar-refractivity contribution in [2.75, 3.05) is 39.6 Å². The topological polar surface area (TPSA) is 133 Å². The molecule has 4 unspecified atom stereocenters. The molecule has 1 aliphatic carbocycles. The Morgan fingerprint density at radius 2 is 0.520 bits per heavy atom. The van der Waals surface area contributed by atoms with Gasteiger partial charge in [0, 0.05) is 73.6 Å². The van der Waals surface area contributed by atoms with Crippen molar-refractivity contribution in [1.82, 2.24) is 29.9 Å². The highest BCUT2D eigenvalue weighted by atomic mass is 19.1. The summed E-state index contributed by atoms with van der Waals surface area (Å²) in [6, 6.07) is 27.1. The molecule has 0 N–H and O–H groups in total. The average molecular weight is 1360 g/mol. The zero-order chi connectivity index (χ0) is 73.5. The van der Waals surface area contributed by atoms with Gasteiger partial charge in [0.2, 0.25) is 0 Å². The van der Waals surface area contributed by atoms with Gasteiger partial charge in [-0.15, -0.1) is 0 Å². The number of pyridine rings is 2. The Bertz CT molecular complexity index is 2470. The summed E-state index contributed by atoms with van der Waals surface area (Å²) in [7, 11) is 0. The third kappa shape index (κ3) is 49.3. The minimum Gasteiger partial charge on any atom is -0.378 e. The van der Waals surface area contributed by atoms with Gasteiger partial charge < -0.3 is 28.4 Å². The largest absolute Gasteiger partial charge is 0.378 e. The molecule has 4 aromatic heterocycles. The van der Waals surface area contributed by atoms with Crippen LogP contribution in [-0.4, -0.2) is 94.3 Å². The maximum atomic E-state index is 12.6. The van der Waals surface area contributed by atoms with Gasteiger partial charge in [-0.25, -0.2) is 28.7 Å². The number of benzene rings is 3. The monoisotopic (exact) mass is 1360 g/mol. The van der Waals surface area contributed by atoms with Crippen LogP contribution in [0.1, 0.15) is 199 Å². The normalized spacial score (nSPS) is 21.8. The molecule has 546 valence electrons. The summed E-state index contributed by atoms with van der Waals surface area (Å²) in [5.41, 5.74) is 12.8. The van der Waals surface area contributed by atoms with Crippen LogP contribution in [-0.2, 0) is 28.4 Å². The number of ether oxygens (including phenoxy) is 6. The number of nitrogens with zero attached hydrogens (tertiary/aromatic N) is 6. The van der Waals surface area contributed by atoms with E-state index in [-0.39, 0.29) is 24.2 Å². The molecule has 8 heterocycles. The highest BCUT2D eigenvalue weighted by molar-refractivity contribution is 5.23. The lowest BCUT2D eigenvalue weighted by Crippen LogP contribution is -2.27. The highest BCUT2D eigenvalue weighted by Crippen LogP contribution is 2.27. The Kier molecular flexibility index (Phi) is 48.3. The van der Waals surface area contributed by atoms with Gasteiger partial charge in [0.15, 0.2) is 12.6 Å². The van der Waals surface area contributed by atoms with Gasteiger partial charge in [-0.05, 0) is 243 Å². The van der Waals surface area contributed by atoms with Crippen LogP contribution in [0.5, 0.6) is 0 Å². The van der Waals surface area contributed by atoms with E-state index in [2.05, 4.69) is 136 Å². The van der Waals surface area contributed by atoms with Crippen LogP contribution in [0.3, 0.4) is 0 Å². The van der Waals surface area contributed by atoms with Gasteiger partial charge in [0.25, 0.3) is 0 Å². The lowest BCUT2D eigenvalue weighted by atomic mass is 9.84. The Balaban J connectivity index is 0.000000535. The van der Waals surface area contributed by atoms with E-state index in [1.165, 1.54) is 85.8 Å². The lowest BCUT2D eigenvalue weighted by molar-refractivity contribution is -0.187. The second kappa shape index (κ2) is 52.7. The van der Waals surface area contributed by atoms with E-state index in [1.807, 2.05) is 145 Å². The molecule has 7 aromatic rings. The quantitative estimate of drug-likeness (QED) is 0.143. The van der Waals surface area contributed by atoms with Gasteiger partial charge in [-0.3, -0.25) is 9.97 Å². The van der Waals surface area contributed by atoms with Gasteiger partial charge in [-0.1, -0.05) is 139 Å². The predicted molar refractivity (Wildman–Crippen MR) is 404 cm³/mol. The molecular weight excluding hydrogens is 1230 g/mol. The molecule has 0 radical (unpaired) electrons. The summed E-state index contributed by atoms with van der Waals surface area (Å²) in [5.74, 6) is 6.21. The van der Waals surface area contributed by atoms with E-state index in [4.69, 9.17) is 28.4 Å². The zero-order valence-corrected chi connectivity index (χ0v) is 65.1. The fourth-order valence-corrected chi connectivity index (χ4v) is 8.88. The standard InChI is InChI=1S/2C8H9F.C8H16.C8H10.2C7H9N.2C7H14O.2C6H8N2.2C6H12O2/c2*1-6-3-4-7(2)8(9)5-6;2*1-7-3-5-8(2)6-4-7;4*1-6-3-4-7(2)8-5-6;4*1-5-3-7-6(2)8-4-5/h2*3-5H,1-2H3;7-8H,3-6H2,1-2H3;3-6H,1-2H3;2*3-5H,1-2H3;2*6-7H,3-5H2,1-2H3;2*3-4H,1-2H3;2*5-6H,3-4H2,1-2H3. The summed E-state index contributed by atoms with van der Waals surface area (Å²) in [5, 5.41) is 0. The third-order valence-electron chi connectivity index (χ3n) is 16.0. The van der Waals surface area contributed by atoms with Crippen LogP contribution in [0.15, 0.2) is 122 Å². The number of rotatable bonds is 0. The van der Waals surface area contributed by atoms with Gasteiger partial charge in [0.05, 0.1) is 38.6 Å². The molecule has 3 aromatic carbocycles. The lowest BCUT2D eigenvalue weighted by Gasteiger charge is -2.24. The smallest absolute Gasteiger partial charge is 0.154 e. The SMILES string of the molecule is CC1CCC(C)CC1.CC1CCC(C)OC1.CC1CCC(C)OC1.CC1COC(C)OC1.CC1COC(C)OC1.Cc1ccc(C)c(F)c1.Cc1ccc(C)c(F)c1.Cc1ccc(C)cc1.Cc1ccc(C)nc1.Cc1ccc(C)nc1.Cc1cnc(C)nc1.Cc1cnc(C)nc1. The van der Waals surface area contributed by atoms with Crippen LogP contribution in [0.25, 0.3) is 0 Å². The summed E-state index contributed by atoms with van der Waals surface area (Å²) >= 11 is 0. The van der Waals surface area contributed by atoms with Crippen molar-refractivity contribution in [2.45, 2.75) is 242 Å². The van der Waals surface area contributed by atoms with Crippen LogP contribution in [0.2, 0.25) is 0 Å². The first kappa shape index (κ1) is 89.8. The molecule has 12 rings (SSSR count). The predicted octanol–water partition coefficient (Wildman–Crippen LogP) is 21.3. The summed E-state index contributed by atoms with van der Waals surface area (Å²) in [6.45, 7) is 54.1. The number of aromatic nitrogens is 6. The van der Waals surface area contributed by atoms with Crippen molar-refractivity contribution >= 4 is 0 Å². The van der Waals surface area contributed by atoms with Gasteiger partial charge in [0.1, 0.15) is 23.3 Å². The van der Waals surface area contributed by atoms with Crippen molar-refractivity contribution in [3.05, 3.63) is 212 Å². The number of aryl methyl sites for hydroxylation is 14. The van der Waals surface area contributed by atoms with E-state index < -0.39 is 0 Å². The molecule has 0 spiro atoms. The second-order valence-electron chi connectivity index (χ2n) is 27.9. The minimum absolute atomic E-state index is 0.0196. The molecule has 12 nitrogen and oxygen atoms in total. The molecule has 0 bridgehead atoms. The van der Waals surface area contributed by atoms with Crippen LogP contribution >= 0.6 is 0 Å². The molecule has 5 aliphatic rings. The maximum absolute atomic E-state index is 12.6. The van der Waals surface area contributed by atoms with Crippen LogP contribution < -0.4 is 0 Å². The van der Waals surface area contributed by atoms with E-state index in [0.717, 1.165) is 109 Å². The van der Waals surface area contributed by atoms with Crippen LogP contribution in [0.4, 0.5) is 8.78 Å². The first-order chi connectivity index (χ1) is 46.3. The Morgan fingerprint density at radius 1 is 0.265 bits per heavy atom. The highest BCUT2D eigenvalue weighted by Gasteiger charge is 2.17. The maximum Gasteiger partial charge on any atom is 0.154 e. The molecular formula is C84H130F2N6O6. The Morgan fingerprint density at radius 3 is 0.724 bits per heavy atom. The van der Waals surface area contributed by atoms with Crippen molar-refractivity contribution < 1.29 is 37.2 Å². The van der Waals surface area contributed by atoms with Crippen molar-refractivity contribution in [3.8, 4) is 0 Å². The van der Waals surface area contributed by atoms with E-state index in [1.54, 1.807) is 26.0 Å². The van der Waals surface area contributed by atoms with E-state index >= 15 is 0 Å². The van der Waals surface area contributed by atoms with E-state index in [9.17, 15) is 8.78 Å². The molecule has 14 heteroatoms. The molecule has 4 aliphatic heterocycles. The van der Waals surface area contributed by atoms with Crippen molar-refractivity contribution in [3.63, 3.8) is 0 Å². The molecule has 98 heavy (non-hydrogen) atoms.